The zero-order valence-electron chi connectivity index (χ0n) is 11.1. The zero-order valence-corrected chi connectivity index (χ0v) is 11.8. The Labute approximate surface area is 125 Å². The number of anilines is 1. The number of carbonyl (C=O) groups excluding carboxylic acids is 1. The van der Waals surface area contributed by atoms with E-state index in [1.807, 2.05) is 0 Å². The van der Waals surface area contributed by atoms with Crippen molar-refractivity contribution in [1.29, 1.82) is 0 Å². The Kier molecular flexibility index (Phi) is 4.14. The standard InChI is InChI=1S/C15H12ClNO4/c1-8-12(3-2-4-13(8)18)14(19)17-11-6-9(15(20)21)5-10(16)7-11/h2-7,18H,1H3,(H,17,19)(H,20,21). The number of carboxylic acids is 1. The first-order chi connectivity index (χ1) is 9.88. The highest BCUT2D eigenvalue weighted by atomic mass is 35.5. The fourth-order valence-electron chi connectivity index (χ4n) is 1.85. The number of phenolic OH excluding ortho intramolecular Hbond substituents is 1. The van der Waals surface area contributed by atoms with Gasteiger partial charge in [0.2, 0.25) is 0 Å². The van der Waals surface area contributed by atoms with Gasteiger partial charge in [-0.25, -0.2) is 4.79 Å². The molecule has 0 fully saturated rings. The van der Waals surface area contributed by atoms with Gasteiger partial charge >= 0.3 is 5.97 Å². The van der Waals surface area contributed by atoms with Gasteiger partial charge in [0.05, 0.1) is 5.56 Å². The van der Waals surface area contributed by atoms with E-state index < -0.39 is 11.9 Å². The maximum Gasteiger partial charge on any atom is 0.335 e. The lowest BCUT2D eigenvalue weighted by Crippen LogP contribution is -2.14. The van der Waals surface area contributed by atoms with Crippen molar-refractivity contribution in [1.82, 2.24) is 0 Å². The van der Waals surface area contributed by atoms with Crippen LogP contribution in [0.1, 0.15) is 26.3 Å². The molecule has 0 heterocycles. The van der Waals surface area contributed by atoms with Crippen LogP contribution in [0.5, 0.6) is 5.75 Å². The molecule has 0 atom stereocenters. The van der Waals surface area contributed by atoms with Crippen LogP contribution in [0.3, 0.4) is 0 Å². The van der Waals surface area contributed by atoms with E-state index in [1.54, 1.807) is 19.1 Å². The van der Waals surface area contributed by atoms with Gasteiger partial charge in [-0.1, -0.05) is 17.7 Å². The fourth-order valence-corrected chi connectivity index (χ4v) is 2.09. The minimum absolute atomic E-state index is 0.0139. The lowest BCUT2D eigenvalue weighted by atomic mass is 10.1. The first-order valence-electron chi connectivity index (χ1n) is 6.02. The number of amides is 1. The molecule has 0 unspecified atom stereocenters. The van der Waals surface area contributed by atoms with E-state index in [2.05, 4.69) is 5.32 Å². The quantitative estimate of drug-likeness (QED) is 0.812. The van der Waals surface area contributed by atoms with Crippen LogP contribution in [0.25, 0.3) is 0 Å². The Morgan fingerprint density at radius 2 is 1.90 bits per heavy atom. The summed E-state index contributed by atoms with van der Waals surface area (Å²) in [6, 6.07) is 8.65. The Balaban J connectivity index is 2.31. The summed E-state index contributed by atoms with van der Waals surface area (Å²) in [5.74, 6) is -1.58. The third-order valence-electron chi connectivity index (χ3n) is 2.95. The Morgan fingerprint density at radius 3 is 2.57 bits per heavy atom. The molecule has 0 saturated heterocycles. The Bertz CT molecular complexity index is 728. The number of carboxylic acid groups (broad SMARTS) is 1. The predicted octanol–water partition coefficient (Wildman–Crippen LogP) is 3.30. The molecule has 2 rings (SSSR count). The number of rotatable bonds is 3. The van der Waals surface area contributed by atoms with Crippen molar-refractivity contribution >= 4 is 29.2 Å². The van der Waals surface area contributed by atoms with E-state index in [0.717, 1.165) is 0 Å². The van der Waals surface area contributed by atoms with Gasteiger partial charge < -0.3 is 15.5 Å². The molecule has 0 aliphatic carbocycles. The molecule has 0 aliphatic rings. The van der Waals surface area contributed by atoms with Crippen LogP contribution in [-0.2, 0) is 0 Å². The van der Waals surface area contributed by atoms with Crippen molar-refractivity contribution in [3.05, 3.63) is 58.1 Å². The number of halogens is 1. The van der Waals surface area contributed by atoms with Gasteiger partial charge in [-0.05, 0) is 37.3 Å². The number of aromatic carboxylic acids is 1. The third-order valence-corrected chi connectivity index (χ3v) is 3.17. The molecule has 5 nitrogen and oxygen atoms in total. The number of nitrogens with one attached hydrogen (secondary N) is 1. The van der Waals surface area contributed by atoms with E-state index in [1.165, 1.54) is 24.3 Å². The summed E-state index contributed by atoms with van der Waals surface area (Å²) < 4.78 is 0. The van der Waals surface area contributed by atoms with Crippen LogP contribution in [-0.4, -0.2) is 22.1 Å². The molecular weight excluding hydrogens is 294 g/mol. The summed E-state index contributed by atoms with van der Waals surface area (Å²) in [5, 5.41) is 21.3. The number of benzene rings is 2. The summed E-state index contributed by atoms with van der Waals surface area (Å²) in [6.45, 7) is 1.62. The first-order valence-corrected chi connectivity index (χ1v) is 6.40. The Morgan fingerprint density at radius 1 is 1.19 bits per heavy atom. The minimum atomic E-state index is -1.14. The molecule has 3 N–H and O–H groups in total. The van der Waals surface area contributed by atoms with E-state index in [0.29, 0.717) is 11.1 Å². The summed E-state index contributed by atoms with van der Waals surface area (Å²) in [4.78, 5) is 23.1. The number of carbonyl (C=O) groups is 2. The summed E-state index contributed by atoms with van der Waals surface area (Å²) in [7, 11) is 0. The molecule has 2 aromatic carbocycles. The van der Waals surface area contributed by atoms with Gasteiger partial charge in [0.25, 0.3) is 5.91 Å². The third kappa shape index (κ3) is 3.32. The second-order valence-corrected chi connectivity index (χ2v) is 4.87. The van der Waals surface area contributed by atoms with Crippen LogP contribution in [0.4, 0.5) is 5.69 Å². The largest absolute Gasteiger partial charge is 0.508 e. The molecule has 6 heteroatoms. The monoisotopic (exact) mass is 305 g/mol. The molecule has 0 saturated carbocycles. The van der Waals surface area contributed by atoms with Crippen LogP contribution >= 0.6 is 11.6 Å². The molecule has 0 radical (unpaired) electrons. The molecule has 21 heavy (non-hydrogen) atoms. The lowest BCUT2D eigenvalue weighted by molar-refractivity contribution is 0.0696. The van der Waals surface area contributed by atoms with Crippen molar-refractivity contribution in [3.63, 3.8) is 0 Å². The first kappa shape index (κ1) is 14.9. The summed E-state index contributed by atoms with van der Waals surface area (Å²) >= 11 is 5.83. The van der Waals surface area contributed by atoms with Gasteiger partial charge in [0, 0.05) is 21.8 Å². The molecule has 0 aromatic heterocycles. The van der Waals surface area contributed by atoms with Crippen LogP contribution in [0, 0.1) is 6.92 Å². The smallest absolute Gasteiger partial charge is 0.335 e. The van der Waals surface area contributed by atoms with Gasteiger partial charge in [0.1, 0.15) is 5.75 Å². The van der Waals surface area contributed by atoms with Crippen molar-refractivity contribution in [2.75, 3.05) is 5.32 Å². The molecule has 0 bridgehead atoms. The number of hydrogen-bond donors (Lipinski definition) is 3. The molecule has 0 aliphatic heterocycles. The molecule has 0 spiro atoms. The summed E-state index contributed by atoms with van der Waals surface area (Å²) in [5.41, 5.74) is 0.986. The van der Waals surface area contributed by atoms with E-state index in [4.69, 9.17) is 16.7 Å². The highest BCUT2D eigenvalue weighted by Gasteiger charge is 2.13. The predicted molar refractivity (Wildman–Crippen MR) is 79.2 cm³/mol. The maximum absolute atomic E-state index is 12.2. The van der Waals surface area contributed by atoms with Crippen molar-refractivity contribution in [2.45, 2.75) is 6.92 Å². The zero-order chi connectivity index (χ0) is 15.6. The molecule has 2 aromatic rings. The number of hydrogen-bond acceptors (Lipinski definition) is 3. The average molecular weight is 306 g/mol. The lowest BCUT2D eigenvalue weighted by Gasteiger charge is -2.09. The Hall–Kier alpha value is -2.53. The number of phenols is 1. The van der Waals surface area contributed by atoms with E-state index >= 15 is 0 Å². The summed E-state index contributed by atoms with van der Waals surface area (Å²) in [6.07, 6.45) is 0. The molecular formula is C15H12ClNO4. The SMILES string of the molecule is Cc1c(O)cccc1C(=O)Nc1cc(Cl)cc(C(=O)O)c1. The number of aromatic hydroxyl groups is 1. The van der Waals surface area contributed by atoms with Gasteiger partial charge in [-0.15, -0.1) is 0 Å². The van der Waals surface area contributed by atoms with Gasteiger partial charge in [0.15, 0.2) is 0 Å². The molecule has 108 valence electrons. The minimum Gasteiger partial charge on any atom is -0.508 e. The van der Waals surface area contributed by atoms with Gasteiger partial charge in [-0.3, -0.25) is 4.79 Å². The van der Waals surface area contributed by atoms with Crippen LogP contribution in [0.15, 0.2) is 36.4 Å². The van der Waals surface area contributed by atoms with Crippen molar-refractivity contribution in [2.24, 2.45) is 0 Å². The average Bonchev–Trinajstić information content (AvgIpc) is 2.41. The highest BCUT2D eigenvalue weighted by molar-refractivity contribution is 6.31. The topological polar surface area (TPSA) is 86.6 Å². The normalized spacial score (nSPS) is 10.2. The van der Waals surface area contributed by atoms with Crippen LogP contribution in [0.2, 0.25) is 5.02 Å². The van der Waals surface area contributed by atoms with Crippen LogP contribution < -0.4 is 5.32 Å². The fraction of sp³-hybridized carbons (Fsp3) is 0.0667. The van der Waals surface area contributed by atoms with Gasteiger partial charge in [-0.2, -0.15) is 0 Å². The van der Waals surface area contributed by atoms with E-state index in [-0.39, 0.29) is 22.0 Å². The second kappa shape index (κ2) is 5.85. The highest BCUT2D eigenvalue weighted by Crippen LogP contribution is 2.23. The molecule has 1 amide bonds. The second-order valence-electron chi connectivity index (χ2n) is 4.44. The van der Waals surface area contributed by atoms with Crippen molar-refractivity contribution < 1.29 is 19.8 Å². The maximum atomic E-state index is 12.2. The van der Waals surface area contributed by atoms with Crippen molar-refractivity contribution in [3.8, 4) is 5.75 Å². The van der Waals surface area contributed by atoms with E-state index in [9.17, 15) is 14.7 Å².